The third-order valence-electron chi connectivity index (χ3n) is 3.54. The maximum atomic E-state index is 10.9. The first-order chi connectivity index (χ1) is 9.04. The summed E-state index contributed by atoms with van der Waals surface area (Å²) in [6.07, 6.45) is 2.10. The maximum absolute atomic E-state index is 10.9. The van der Waals surface area contributed by atoms with Crippen molar-refractivity contribution in [2.75, 3.05) is 19.6 Å². The number of likely N-dealkylation sites (tertiary alicyclic amines) is 1. The fourth-order valence-electron chi connectivity index (χ4n) is 2.48. The zero-order chi connectivity index (χ0) is 13.8. The second kappa shape index (κ2) is 6.70. The number of halogens is 1. The van der Waals surface area contributed by atoms with Crippen molar-refractivity contribution in [2.45, 2.75) is 31.8 Å². The number of carbonyl (C=O) groups is 1. The molecule has 1 amide bonds. The molecule has 0 aromatic carbocycles. The van der Waals surface area contributed by atoms with Crippen LogP contribution in [0.5, 0.6) is 0 Å². The smallest absolute Gasteiger partial charge is 0.231 e. The van der Waals surface area contributed by atoms with Crippen molar-refractivity contribution in [3.05, 3.63) is 21.3 Å². The molecule has 1 aliphatic rings. The number of rotatable bonds is 5. The normalized spacial score (nSPS) is 19.5. The minimum absolute atomic E-state index is 0.243. The molecule has 2 heterocycles. The van der Waals surface area contributed by atoms with Crippen LogP contribution in [0.2, 0.25) is 4.34 Å². The van der Waals surface area contributed by atoms with E-state index in [-0.39, 0.29) is 5.91 Å². The second-order valence-electron chi connectivity index (χ2n) is 5.09. The van der Waals surface area contributed by atoms with E-state index in [9.17, 15) is 4.79 Å². The van der Waals surface area contributed by atoms with Crippen molar-refractivity contribution < 1.29 is 4.79 Å². The van der Waals surface area contributed by atoms with E-state index in [1.165, 1.54) is 5.56 Å². The lowest BCUT2D eigenvalue weighted by Crippen LogP contribution is -2.45. The number of piperidine rings is 1. The molecule has 0 aliphatic carbocycles. The van der Waals surface area contributed by atoms with Crippen molar-refractivity contribution >= 4 is 28.8 Å². The molecular weight excluding hydrogens is 282 g/mol. The van der Waals surface area contributed by atoms with Gasteiger partial charge in [-0.05, 0) is 36.8 Å². The summed E-state index contributed by atoms with van der Waals surface area (Å²) < 4.78 is 0.833. The summed E-state index contributed by atoms with van der Waals surface area (Å²) in [5.41, 5.74) is 6.45. The van der Waals surface area contributed by atoms with Gasteiger partial charge in [0.2, 0.25) is 5.91 Å². The highest BCUT2D eigenvalue weighted by molar-refractivity contribution is 7.14. The molecule has 1 aromatic rings. The first-order valence-electron chi connectivity index (χ1n) is 6.55. The third kappa shape index (κ3) is 4.45. The molecule has 1 unspecified atom stereocenters. The lowest BCUT2D eigenvalue weighted by atomic mass is 10.0. The number of amides is 1. The Hall–Kier alpha value is -0.620. The van der Waals surface area contributed by atoms with Gasteiger partial charge in [0.15, 0.2) is 0 Å². The molecule has 19 heavy (non-hydrogen) atoms. The van der Waals surface area contributed by atoms with Gasteiger partial charge in [0, 0.05) is 25.2 Å². The van der Waals surface area contributed by atoms with Gasteiger partial charge in [0.25, 0.3) is 0 Å². The van der Waals surface area contributed by atoms with Gasteiger partial charge in [0.05, 0.1) is 10.9 Å². The molecule has 1 aromatic heterocycles. The minimum Gasteiger partial charge on any atom is -0.369 e. The molecule has 0 saturated carbocycles. The van der Waals surface area contributed by atoms with Crippen LogP contribution in [-0.4, -0.2) is 36.5 Å². The van der Waals surface area contributed by atoms with Gasteiger partial charge in [0.1, 0.15) is 0 Å². The number of nitrogens with two attached hydrogens (primary N) is 1. The average Bonchev–Trinajstić information content (AvgIpc) is 2.78. The lowest BCUT2D eigenvalue weighted by Gasteiger charge is -2.33. The van der Waals surface area contributed by atoms with Crippen LogP contribution < -0.4 is 11.1 Å². The molecule has 1 fully saturated rings. The molecule has 0 bridgehead atoms. The minimum atomic E-state index is -0.243. The zero-order valence-corrected chi connectivity index (χ0v) is 12.6. The van der Waals surface area contributed by atoms with E-state index in [1.807, 2.05) is 6.07 Å². The molecule has 2 rings (SSSR count). The molecule has 1 atom stereocenters. The fraction of sp³-hybridized carbons (Fsp3) is 0.615. The van der Waals surface area contributed by atoms with E-state index in [4.69, 9.17) is 17.3 Å². The van der Waals surface area contributed by atoms with Crippen molar-refractivity contribution in [3.8, 4) is 0 Å². The average molecular weight is 302 g/mol. The van der Waals surface area contributed by atoms with E-state index < -0.39 is 0 Å². The number of nitrogens with zero attached hydrogens (tertiary/aromatic N) is 1. The molecule has 4 nitrogen and oxygen atoms in total. The SMILES string of the molecule is CC(NC1CCN(CC(N)=O)CC1)c1csc(Cl)c1. The first-order valence-corrected chi connectivity index (χ1v) is 7.81. The predicted octanol–water partition coefficient (Wildman–Crippen LogP) is 2.00. The Kier molecular flexibility index (Phi) is 5.21. The van der Waals surface area contributed by atoms with Gasteiger partial charge in [-0.15, -0.1) is 11.3 Å². The molecule has 1 aliphatic heterocycles. The van der Waals surface area contributed by atoms with Gasteiger partial charge in [-0.3, -0.25) is 9.69 Å². The summed E-state index contributed by atoms with van der Waals surface area (Å²) >= 11 is 7.52. The Balaban J connectivity index is 1.77. The molecule has 106 valence electrons. The number of carbonyl (C=O) groups excluding carboxylic acids is 1. The van der Waals surface area contributed by atoms with Crippen molar-refractivity contribution in [3.63, 3.8) is 0 Å². The highest BCUT2D eigenvalue weighted by atomic mass is 35.5. The van der Waals surface area contributed by atoms with Gasteiger partial charge >= 0.3 is 0 Å². The summed E-state index contributed by atoms with van der Waals surface area (Å²) in [5.74, 6) is -0.243. The summed E-state index contributed by atoms with van der Waals surface area (Å²) in [6, 6.07) is 2.83. The largest absolute Gasteiger partial charge is 0.369 e. The summed E-state index contributed by atoms with van der Waals surface area (Å²) in [6.45, 7) is 4.39. The number of hydrogen-bond acceptors (Lipinski definition) is 4. The van der Waals surface area contributed by atoms with Crippen LogP contribution in [0.3, 0.4) is 0 Å². The van der Waals surface area contributed by atoms with E-state index in [1.54, 1.807) is 11.3 Å². The van der Waals surface area contributed by atoms with Gasteiger partial charge in [-0.25, -0.2) is 0 Å². The van der Waals surface area contributed by atoms with Crippen molar-refractivity contribution in [2.24, 2.45) is 5.73 Å². The van der Waals surface area contributed by atoms with Gasteiger partial charge in [-0.1, -0.05) is 11.6 Å². The Morgan fingerprint density at radius 1 is 1.63 bits per heavy atom. The Morgan fingerprint density at radius 2 is 2.32 bits per heavy atom. The van der Waals surface area contributed by atoms with Crippen molar-refractivity contribution in [1.29, 1.82) is 0 Å². The molecule has 3 N–H and O–H groups in total. The quantitative estimate of drug-likeness (QED) is 0.874. The van der Waals surface area contributed by atoms with Crippen LogP contribution in [0.15, 0.2) is 11.4 Å². The van der Waals surface area contributed by atoms with Crippen molar-refractivity contribution in [1.82, 2.24) is 10.2 Å². The number of nitrogens with one attached hydrogen (secondary N) is 1. The van der Waals surface area contributed by atoms with Crippen LogP contribution in [-0.2, 0) is 4.79 Å². The van der Waals surface area contributed by atoms with Gasteiger partial charge < -0.3 is 11.1 Å². The van der Waals surface area contributed by atoms with E-state index in [2.05, 4.69) is 22.5 Å². The van der Waals surface area contributed by atoms with E-state index in [0.29, 0.717) is 18.6 Å². The molecule has 0 spiro atoms. The molecular formula is C13H20ClN3OS. The van der Waals surface area contributed by atoms with Crippen LogP contribution in [0, 0.1) is 0 Å². The van der Waals surface area contributed by atoms with E-state index >= 15 is 0 Å². The van der Waals surface area contributed by atoms with Crippen LogP contribution in [0.4, 0.5) is 0 Å². The number of primary amides is 1. The highest BCUT2D eigenvalue weighted by Gasteiger charge is 2.21. The topological polar surface area (TPSA) is 58.4 Å². The Labute approximate surface area is 122 Å². The zero-order valence-electron chi connectivity index (χ0n) is 11.1. The standard InChI is InChI=1S/C13H20ClN3OS/c1-9(10-6-12(14)19-8-10)16-11-2-4-17(5-3-11)7-13(15)18/h6,8-9,11,16H,2-5,7H2,1H3,(H2,15,18). The monoisotopic (exact) mass is 301 g/mol. The second-order valence-corrected chi connectivity index (χ2v) is 6.63. The fourth-order valence-corrected chi connectivity index (χ4v) is 3.46. The molecule has 6 heteroatoms. The van der Waals surface area contributed by atoms with Crippen LogP contribution in [0.1, 0.15) is 31.4 Å². The van der Waals surface area contributed by atoms with Crippen LogP contribution >= 0.6 is 22.9 Å². The summed E-state index contributed by atoms with van der Waals surface area (Å²) in [5, 5.41) is 5.73. The molecule has 0 radical (unpaired) electrons. The summed E-state index contributed by atoms with van der Waals surface area (Å²) in [4.78, 5) is 13.0. The number of hydrogen-bond donors (Lipinski definition) is 2. The third-order valence-corrected chi connectivity index (χ3v) is 4.65. The maximum Gasteiger partial charge on any atom is 0.231 e. The Morgan fingerprint density at radius 3 is 2.84 bits per heavy atom. The summed E-state index contributed by atoms with van der Waals surface area (Å²) in [7, 11) is 0. The lowest BCUT2D eigenvalue weighted by molar-refractivity contribution is -0.119. The van der Waals surface area contributed by atoms with Gasteiger partial charge in [-0.2, -0.15) is 0 Å². The molecule has 1 saturated heterocycles. The first kappa shape index (κ1) is 14.8. The van der Waals surface area contributed by atoms with E-state index in [0.717, 1.165) is 30.3 Å². The van der Waals surface area contributed by atoms with Crippen LogP contribution in [0.25, 0.3) is 0 Å². The number of thiophene rings is 1. The highest BCUT2D eigenvalue weighted by Crippen LogP contribution is 2.25. The predicted molar refractivity (Wildman–Crippen MR) is 79.5 cm³/mol. The Bertz CT molecular complexity index is 429.